The van der Waals surface area contributed by atoms with Crippen LogP contribution in [0.3, 0.4) is 0 Å². The lowest BCUT2D eigenvalue weighted by Crippen LogP contribution is -2.25. The maximum Gasteiger partial charge on any atom is 0.263 e. The minimum Gasteiger partial charge on any atom is -0.325 e. The van der Waals surface area contributed by atoms with Gasteiger partial charge in [0.15, 0.2) is 0 Å². The molecule has 1 aliphatic carbocycles. The molecule has 1 aliphatic rings. The predicted molar refractivity (Wildman–Crippen MR) is 56.0 cm³/mol. The zero-order chi connectivity index (χ0) is 11.1. The number of aryl methyl sites for hydroxylation is 1. The first-order valence-electron chi connectivity index (χ1n) is 5.17. The molecular formula is C12H15F2N. The van der Waals surface area contributed by atoms with Gasteiger partial charge in [0.1, 0.15) is 0 Å². The maximum absolute atomic E-state index is 12.5. The van der Waals surface area contributed by atoms with Crippen LogP contribution in [0.5, 0.6) is 0 Å². The molecule has 1 saturated carbocycles. The van der Waals surface area contributed by atoms with Crippen molar-refractivity contribution >= 4 is 0 Å². The van der Waals surface area contributed by atoms with E-state index in [0.717, 1.165) is 30.4 Å². The number of nitrogens with two attached hydrogens (primary N) is 1. The monoisotopic (exact) mass is 211 g/mol. The molecule has 0 radical (unpaired) electrons. The molecule has 3 heteroatoms. The van der Waals surface area contributed by atoms with E-state index in [1.54, 1.807) is 12.1 Å². The van der Waals surface area contributed by atoms with Crippen LogP contribution in [0.25, 0.3) is 0 Å². The lowest BCUT2D eigenvalue weighted by Gasteiger charge is -2.12. The second kappa shape index (κ2) is 3.56. The SMILES string of the molecule is Cc1ccc(C(F)F)cc1CC1(N)CC1. The Labute approximate surface area is 88.3 Å². The van der Waals surface area contributed by atoms with Crippen LogP contribution in [0.1, 0.15) is 36.0 Å². The van der Waals surface area contributed by atoms with Gasteiger partial charge in [0, 0.05) is 11.1 Å². The quantitative estimate of drug-likeness (QED) is 0.817. The van der Waals surface area contributed by atoms with Gasteiger partial charge in [-0.25, -0.2) is 8.78 Å². The Kier molecular flexibility index (Phi) is 2.51. The summed E-state index contributed by atoms with van der Waals surface area (Å²) >= 11 is 0. The van der Waals surface area contributed by atoms with Gasteiger partial charge in [-0.1, -0.05) is 12.1 Å². The van der Waals surface area contributed by atoms with Crippen molar-refractivity contribution in [3.63, 3.8) is 0 Å². The van der Waals surface area contributed by atoms with Crippen LogP contribution in [0, 0.1) is 6.92 Å². The molecule has 2 N–H and O–H groups in total. The largest absolute Gasteiger partial charge is 0.325 e. The highest BCUT2D eigenvalue weighted by molar-refractivity contribution is 5.34. The van der Waals surface area contributed by atoms with Gasteiger partial charge < -0.3 is 5.73 Å². The van der Waals surface area contributed by atoms with Gasteiger partial charge in [-0.15, -0.1) is 0 Å². The third kappa shape index (κ3) is 2.34. The molecular weight excluding hydrogens is 196 g/mol. The van der Waals surface area contributed by atoms with E-state index in [-0.39, 0.29) is 11.1 Å². The Balaban J connectivity index is 2.24. The molecule has 0 saturated heterocycles. The maximum atomic E-state index is 12.5. The second-order valence-electron chi connectivity index (χ2n) is 4.53. The van der Waals surface area contributed by atoms with E-state index >= 15 is 0 Å². The number of hydrogen-bond donors (Lipinski definition) is 1. The van der Waals surface area contributed by atoms with Gasteiger partial charge in [0.2, 0.25) is 0 Å². The fourth-order valence-corrected chi connectivity index (χ4v) is 1.73. The second-order valence-corrected chi connectivity index (χ2v) is 4.53. The minimum atomic E-state index is -2.39. The molecule has 0 aromatic heterocycles. The first kappa shape index (κ1) is 10.6. The third-order valence-corrected chi connectivity index (χ3v) is 3.06. The molecule has 2 rings (SSSR count). The molecule has 0 heterocycles. The van der Waals surface area contributed by atoms with Crippen LogP contribution < -0.4 is 5.73 Å². The first-order valence-corrected chi connectivity index (χ1v) is 5.17. The van der Waals surface area contributed by atoms with E-state index < -0.39 is 6.43 Å². The molecule has 0 bridgehead atoms. The van der Waals surface area contributed by atoms with E-state index in [4.69, 9.17) is 5.73 Å². The zero-order valence-electron chi connectivity index (χ0n) is 8.76. The summed E-state index contributed by atoms with van der Waals surface area (Å²) in [5, 5.41) is 0. The highest BCUT2D eigenvalue weighted by Gasteiger charge is 2.38. The van der Waals surface area contributed by atoms with Crippen LogP contribution in [0.2, 0.25) is 0 Å². The Hall–Kier alpha value is -0.960. The first-order chi connectivity index (χ1) is 7.00. The average molecular weight is 211 g/mol. The molecule has 0 amide bonds. The van der Waals surface area contributed by atoms with E-state index in [9.17, 15) is 8.78 Å². The Morgan fingerprint density at radius 2 is 2.07 bits per heavy atom. The average Bonchev–Trinajstić information content (AvgIpc) is 2.87. The summed E-state index contributed by atoms with van der Waals surface area (Å²) in [7, 11) is 0. The smallest absolute Gasteiger partial charge is 0.263 e. The van der Waals surface area contributed by atoms with Crippen molar-refractivity contribution < 1.29 is 8.78 Å². The van der Waals surface area contributed by atoms with Crippen LogP contribution in [0.4, 0.5) is 8.78 Å². The number of hydrogen-bond acceptors (Lipinski definition) is 1. The van der Waals surface area contributed by atoms with Crippen molar-refractivity contribution in [2.75, 3.05) is 0 Å². The molecule has 0 unspecified atom stereocenters. The normalized spacial score (nSPS) is 18.2. The summed E-state index contributed by atoms with van der Waals surface area (Å²) in [6.45, 7) is 1.94. The summed E-state index contributed by atoms with van der Waals surface area (Å²) in [5.41, 5.74) is 7.98. The molecule has 82 valence electrons. The summed E-state index contributed by atoms with van der Waals surface area (Å²) in [6.07, 6.45) is 0.341. The van der Waals surface area contributed by atoms with Gasteiger partial charge in [-0.05, 0) is 43.4 Å². The van der Waals surface area contributed by atoms with Crippen molar-refractivity contribution in [3.8, 4) is 0 Å². The number of alkyl halides is 2. The highest BCUT2D eigenvalue weighted by atomic mass is 19.3. The standard InChI is InChI=1S/C12H15F2N/c1-8-2-3-9(11(13)14)6-10(8)7-12(15)4-5-12/h2-3,6,11H,4-5,7,15H2,1H3. The van der Waals surface area contributed by atoms with E-state index in [2.05, 4.69) is 0 Å². The molecule has 1 aromatic rings. The van der Waals surface area contributed by atoms with E-state index in [0.29, 0.717) is 0 Å². The van der Waals surface area contributed by atoms with Gasteiger partial charge in [-0.3, -0.25) is 0 Å². The van der Waals surface area contributed by atoms with Crippen molar-refractivity contribution in [1.29, 1.82) is 0 Å². The molecule has 1 fully saturated rings. The molecule has 0 spiro atoms. The lowest BCUT2D eigenvalue weighted by atomic mass is 9.98. The van der Waals surface area contributed by atoms with Crippen molar-refractivity contribution in [1.82, 2.24) is 0 Å². The number of rotatable bonds is 3. The summed E-state index contributed by atoms with van der Waals surface area (Å²) in [5.74, 6) is 0. The van der Waals surface area contributed by atoms with Crippen LogP contribution in [-0.2, 0) is 6.42 Å². The van der Waals surface area contributed by atoms with Crippen LogP contribution >= 0.6 is 0 Å². The Morgan fingerprint density at radius 3 is 2.60 bits per heavy atom. The minimum absolute atomic E-state index is 0.0971. The third-order valence-electron chi connectivity index (χ3n) is 3.06. The molecule has 1 nitrogen and oxygen atoms in total. The predicted octanol–water partition coefficient (Wildman–Crippen LogP) is 2.97. The van der Waals surface area contributed by atoms with Gasteiger partial charge in [0.25, 0.3) is 6.43 Å². The van der Waals surface area contributed by atoms with Crippen molar-refractivity contribution in [3.05, 3.63) is 34.9 Å². The van der Waals surface area contributed by atoms with E-state index in [1.165, 1.54) is 6.07 Å². The van der Waals surface area contributed by atoms with Gasteiger partial charge in [0.05, 0.1) is 0 Å². The molecule has 0 aliphatic heterocycles. The number of benzene rings is 1. The summed E-state index contributed by atoms with van der Waals surface area (Å²) in [4.78, 5) is 0. The van der Waals surface area contributed by atoms with Crippen LogP contribution in [-0.4, -0.2) is 5.54 Å². The van der Waals surface area contributed by atoms with Crippen molar-refractivity contribution in [2.24, 2.45) is 5.73 Å². The fraction of sp³-hybridized carbons (Fsp3) is 0.500. The number of halogens is 2. The summed E-state index contributed by atoms with van der Waals surface area (Å²) in [6, 6.07) is 4.83. The Bertz CT molecular complexity index is 370. The van der Waals surface area contributed by atoms with E-state index in [1.807, 2.05) is 6.92 Å². The molecule has 0 atom stereocenters. The zero-order valence-corrected chi connectivity index (χ0v) is 8.76. The fourth-order valence-electron chi connectivity index (χ4n) is 1.73. The topological polar surface area (TPSA) is 26.0 Å². The van der Waals surface area contributed by atoms with Gasteiger partial charge in [-0.2, -0.15) is 0 Å². The van der Waals surface area contributed by atoms with Crippen LogP contribution in [0.15, 0.2) is 18.2 Å². The summed E-state index contributed by atoms with van der Waals surface area (Å²) < 4.78 is 25.0. The Morgan fingerprint density at radius 1 is 1.40 bits per heavy atom. The van der Waals surface area contributed by atoms with Crippen molar-refractivity contribution in [2.45, 2.75) is 38.2 Å². The molecule has 1 aromatic carbocycles. The van der Waals surface area contributed by atoms with Gasteiger partial charge >= 0.3 is 0 Å². The lowest BCUT2D eigenvalue weighted by molar-refractivity contribution is 0.151. The highest BCUT2D eigenvalue weighted by Crippen LogP contribution is 2.36. The molecule has 15 heavy (non-hydrogen) atoms.